The van der Waals surface area contributed by atoms with Crippen LogP contribution in [0.25, 0.3) is 10.9 Å². The van der Waals surface area contributed by atoms with Gasteiger partial charge in [-0.2, -0.15) is 8.78 Å². The number of halogens is 3. The first-order valence-electron chi connectivity index (χ1n) is 9.75. The standard InChI is InChI=1S/C21H24F3N4O2P/c1-5-31(4,30)18-9-15-17(10-25-18)27-13(3)28-20(15)26-12(2)14-7-6-8-16(19(14)22)21(23,24)11-29/h6-10,12,29H,5,11H2,1-4H3,(H,26,27,28)/t12-,31?/m1/s1. The Hall–Kier alpha value is -2.51. The first-order chi connectivity index (χ1) is 14.5. The fourth-order valence-corrected chi connectivity index (χ4v) is 4.23. The summed E-state index contributed by atoms with van der Waals surface area (Å²) < 4.78 is 55.5. The zero-order valence-electron chi connectivity index (χ0n) is 17.7. The summed E-state index contributed by atoms with van der Waals surface area (Å²) >= 11 is 0. The van der Waals surface area contributed by atoms with Crippen LogP contribution in [0.1, 0.15) is 36.8 Å². The second-order valence-corrected chi connectivity index (χ2v) is 10.8. The van der Waals surface area contributed by atoms with Gasteiger partial charge >= 0.3 is 0 Å². The van der Waals surface area contributed by atoms with Crippen LogP contribution in [0.5, 0.6) is 0 Å². The molecule has 3 rings (SSSR count). The number of fused-ring (bicyclic) bond motifs is 1. The molecule has 1 unspecified atom stereocenters. The number of aryl methyl sites for hydroxylation is 1. The summed E-state index contributed by atoms with van der Waals surface area (Å²) in [5, 5.41) is 12.5. The summed E-state index contributed by atoms with van der Waals surface area (Å²) in [4.78, 5) is 13.0. The van der Waals surface area contributed by atoms with Gasteiger partial charge in [-0.25, -0.2) is 14.4 Å². The van der Waals surface area contributed by atoms with Crippen molar-refractivity contribution in [1.82, 2.24) is 15.0 Å². The van der Waals surface area contributed by atoms with E-state index in [2.05, 4.69) is 20.3 Å². The van der Waals surface area contributed by atoms with Gasteiger partial charge in [-0.15, -0.1) is 0 Å². The lowest BCUT2D eigenvalue weighted by Crippen LogP contribution is -2.22. The average molecular weight is 452 g/mol. The van der Waals surface area contributed by atoms with Gasteiger partial charge in [0.2, 0.25) is 0 Å². The van der Waals surface area contributed by atoms with Crippen molar-refractivity contribution in [2.75, 3.05) is 24.8 Å². The van der Waals surface area contributed by atoms with Crippen molar-refractivity contribution in [3.8, 4) is 0 Å². The van der Waals surface area contributed by atoms with Gasteiger partial charge in [0.25, 0.3) is 5.92 Å². The van der Waals surface area contributed by atoms with Crippen LogP contribution in [0.4, 0.5) is 19.0 Å². The van der Waals surface area contributed by atoms with Gasteiger partial charge in [0.15, 0.2) is 0 Å². The van der Waals surface area contributed by atoms with Crippen LogP contribution in [0.2, 0.25) is 0 Å². The van der Waals surface area contributed by atoms with Crippen molar-refractivity contribution in [3.05, 3.63) is 53.2 Å². The number of anilines is 1. The maximum atomic E-state index is 14.9. The molecule has 0 fully saturated rings. The Bertz CT molecular complexity index is 1170. The van der Waals surface area contributed by atoms with Crippen LogP contribution < -0.4 is 10.8 Å². The fourth-order valence-electron chi connectivity index (χ4n) is 3.20. The van der Waals surface area contributed by atoms with Crippen molar-refractivity contribution in [2.45, 2.75) is 32.7 Å². The molecule has 2 heterocycles. The smallest absolute Gasteiger partial charge is 0.298 e. The van der Waals surface area contributed by atoms with E-state index in [1.807, 2.05) is 6.92 Å². The zero-order valence-corrected chi connectivity index (χ0v) is 18.6. The van der Waals surface area contributed by atoms with Crippen LogP contribution >= 0.6 is 7.14 Å². The van der Waals surface area contributed by atoms with E-state index in [9.17, 15) is 17.7 Å². The van der Waals surface area contributed by atoms with Crippen LogP contribution in [-0.4, -0.2) is 39.5 Å². The number of hydrogen-bond donors (Lipinski definition) is 2. The molecule has 3 aromatic rings. The van der Waals surface area contributed by atoms with Gasteiger partial charge in [0.1, 0.15) is 36.6 Å². The van der Waals surface area contributed by atoms with Crippen molar-refractivity contribution in [1.29, 1.82) is 0 Å². The second-order valence-electron chi connectivity index (χ2n) is 7.53. The largest absolute Gasteiger partial charge is 0.390 e. The summed E-state index contributed by atoms with van der Waals surface area (Å²) in [6.07, 6.45) is 1.96. The molecule has 0 amide bonds. The number of aromatic nitrogens is 3. The van der Waals surface area contributed by atoms with E-state index in [0.29, 0.717) is 34.1 Å². The lowest BCUT2D eigenvalue weighted by Gasteiger charge is -2.21. The van der Waals surface area contributed by atoms with Crippen molar-refractivity contribution < 1.29 is 22.8 Å². The molecule has 2 N–H and O–H groups in total. The summed E-state index contributed by atoms with van der Waals surface area (Å²) in [6.45, 7) is 5.27. The highest BCUT2D eigenvalue weighted by atomic mass is 31.2. The van der Waals surface area contributed by atoms with Gasteiger partial charge in [-0.05, 0) is 32.6 Å². The quantitative estimate of drug-likeness (QED) is 0.518. The van der Waals surface area contributed by atoms with Gasteiger partial charge < -0.3 is 15.0 Å². The molecule has 2 atom stereocenters. The van der Waals surface area contributed by atoms with Crippen LogP contribution in [-0.2, 0) is 10.5 Å². The van der Waals surface area contributed by atoms with Crippen LogP contribution in [0.15, 0.2) is 30.5 Å². The molecule has 0 aliphatic rings. The third kappa shape index (κ3) is 4.57. The second kappa shape index (κ2) is 8.55. The summed E-state index contributed by atoms with van der Waals surface area (Å²) in [5.74, 6) is -3.99. The molecule has 0 spiro atoms. The Kier molecular flexibility index (Phi) is 6.39. The fraction of sp³-hybridized carbons (Fsp3) is 0.381. The molecule has 10 heteroatoms. The van der Waals surface area contributed by atoms with E-state index in [-0.39, 0.29) is 5.56 Å². The predicted molar refractivity (Wildman–Crippen MR) is 115 cm³/mol. The molecule has 1 aromatic carbocycles. The molecule has 166 valence electrons. The number of hydrogen-bond acceptors (Lipinski definition) is 6. The molecule has 0 saturated carbocycles. The molecule has 0 aliphatic carbocycles. The van der Waals surface area contributed by atoms with Gasteiger partial charge in [0.05, 0.1) is 23.3 Å². The predicted octanol–water partition coefficient (Wildman–Crippen LogP) is 4.37. The number of benzene rings is 1. The molecule has 0 aliphatic heterocycles. The summed E-state index contributed by atoms with van der Waals surface area (Å²) in [7, 11) is -2.65. The Morgan fingerprint density at radius 3 is 2.65 bits per heavy atom. The maximum Gasteiger partial charge on any atom is 0.298 e. The Balaban J connectivity index is 2.06. The van der Waals surface area contributed by atoms with E-state index in [4.69, 9.17) is 5.11 Å². The highest BCUT2D eigenvalue weighted by Gasteiger charge is 2.35. The average Bonchev–Trinajstić information content (AvgIpc) is 2.73. The van der Waals surface area contributed by atoms with Crippen molar-refractivity contribution in [3.63, 3.8) is 0 Å². The van der Waals surface area contributed by atoms with E-state index in [0.717, 1.165) is 6.07 Å². The lowest BCUT2D eigenvalue weighted by molar-refractivity contribution is -0.0583. The molecular formula is C21H24F3N4O2P. The SMILES string of the molecule is CCP(C)(=O)c1cc2c(N[C@H](C)c3cccc(C(F)(F)CO)c3F)nc(C)nc2cn1. The highest BCUT2D eigenvalue weighted by Crippen LogP contribution is 2.39. The van der Waals surface area contributed by atoms with Crippen LogP contribution in [0, 0.1) is 12.7 Å². The molecule has 0 bridgehead atoms. The topological polar surface area (TPSA) is 88.0 Å². The summed E-state index contributed by atoms with van der Waals surface area (Å²) in [6, 6.07) is 4.58. The number of rotatable bonds is 7. The first kappa shape index (κ1) is 23.2. The molecule has 0 radical (unpaired) electrons. The molecule has 6 nitrogen and oxygen atoms in total. The highest BCUT2D eigenvalue weighted by molar-refractivity contribution is 7.70. The number of alkyl halides is 2. The van der Waals surface area contributed by atoms with Crippen molar-refractivity contribution >= 4 is 29.3 Å². The molecular weight excluding hydrogens is 428 g/mol. The number of pyridine rings is 1. The minimum absolute atomic E-state index is 0.000888. The van der Waals surface area contributed by atoms with E-state index in [1.54, 1.807) is 26.6 Å². The maximum absolute atomic E-state index is 14.9. The monoisotopic (exact) mass is 452 g/mol. The van der Waals surface area contributed by atoms with E-state index >= 15 is 0 Å². The minimum Gasteiger partial charge on any atom is -0.390 e. The third-order valence-corrected chi connectivity index (χ3v) is 7.63. The first-order valence-corrected chi connectivity index (χ1v) is 12.1. The van der Waals surface area contributed by atoms with Gasteiger partial charge in [-0.1, -0.05) is 19.1 Å². The summed E-state index contributed by atoms with van der Waals surface area (Å²) in [5.41, 5.74) is 0.0785. The zero-order chi connectivity index (χ0) is 23.0. The number of nitrogens with zero attached hydrogens (tertiary/aromatic N) is 3. The lowest BCUT2D eigenvalue weighted by atomic mass is 10.00. The minimum atomic E-state index is -3.69. The Labute approximate surface area is 178 Å². The van der Waals surface area contributed by atoms with E-state index < -0.39 is 37.1 Å². The third-order valence-electron chi connectivity index (χ3n) is 5.21. The number of nitrogens with one attached hydrogen (secondary N) is 1. The Morgan fingerprint density at radius 2 is 2.00 bits per heavy atom. The number of aliphatic hydroxyl groups is 1. The molecule has 0 saturated heterocycles. The van der Waals surface area contributed by atoms with E-state index in [1.165, 1.54) is 18.3 Å². The number of aliphatic hydroxyl groups excluding tert-OH is 1. The molecule has 31 heavy (non-hydrogen) atoms. The van der Waals surface area contributed by atoms with Crippen LogP contribution in [0.3, 0.4) is 0 Å². The molecule has 2 aromatic heterocycles. The van der Waals surface area contributed by atoms with Crippen molar-refractivity contribution in [2.24, 2.45) is 0 Å². The van der Waals surface area contributed by atoms with Gasteiger partial charge in [0, 0.05) is 17.1 Å². The Morgan fingerprint density at radius 1 is 1.29 bits per heavy atom. The van der Waals surface area contributed by atoms with Gasteiger partial charge in [-0.3, -0.25) is 4.98 Å². The normalized spacial score (nSPS) is 15.0.